The molecule has 0 saturated heterocycles. The molecule has 0 radical (unpaired) electrons. The van der Waals surface area contributed by atoms with Crippen LogP contribution in [-0.2, 0) is 11.8 Å². The van der Waals surface area contributed by atoms with Crippen LogP contribution in [0.3, 0.4) is 0 Å². The van der Waals surface area contributed by atoms with E-state index in [2.05, 4.69) is 10.4 Å². The van der Waals surface area contributed by atoms with Gasteiger partial charge in [0.05, 0.1) is 17.3 Å². The fraction of sp³-hybridized carbons (Fsp3) is 0.250. The van der Waals surface area contributed by atoms with Crippen molar-refractivity contribution in [2.24, 2.45) is 7.05 Å². The first-order chi connectivity index (χ1) is 11.9. The van der Waals surface area contributed by atoms with Crippen LogP contribution in [-0.4, -0.2) is 21.5 Å². The molecule has 3 rings (SSSR count). The maximum Gasteiger partial charge on any atom is 0.293 e. The molecule has 0 fully saturated rings. The maximum atomic E-state index is 12.6. The van der Waals surface area contributed by atoms with Crippen molar-refractivity contribution >= 4 is 22.5 Å². The Hall–Kier alpha value is -2.95. The molecule has 1 unspecified atom stereocenters. The van der Waals surface area contributed by atoms with Gasteiger partial charge in [-0.25, -0.2) is 0 Å². The van der Waals surface area contributed by atoms with Crippen LogP contribution in [0.25, 0.3) is 10.8 Å². The topological polar surface area (TPSA) is 64.0 Å². The highest BCUT2D eigenvalue weighted by molar-refractivity contribution is 6.43. The molecule has 1 atom stereocenters. The van der Waals surface area contributed by atoms with Crippen LogP contribution < -0.4 is 5.32 Å². The van der Waals surface area contributed by atoms with E-state index in [-0.39, 0.29) is 6.04 Å². The van der Waals surface area contributed by atoms with Crippen LogP contribution >= 0.6 is 0 Å². The van der Waals surface area contributed by atoms with Gasteiger partial charge in [-0.2, -0.15) is 5.10 Å². The first-order valence-corrected chi connectivity index (χ1v) is 8.23. The molecule has 0 bridgehead atoms. The second kappa shape index (κ2) is 6.51. The van der Waals surface area contributed by atoms with Crippen LogP contribution in [0.4, 0.5) is 0 Å². The molecule has 128 valence electrons. The van der Waals surface area contributed by atoms with Gasteiger partial charge in [-0.05, 0) is 37.1 Å². The van der Waals surface area contributed by atoms with Gasteiger partial charge < -0.3 is 5.32 Å². The van der Waals surface area contributed by atoms with E-state index in [9.17, 15) is 9.59 Å². The Morgan fingerprint density at radius 3 is 2.44 bits per heavy atom. The van der Waals surface area contributed by atoms with E-state index in [0.29, 0.717) is 17.0 Å². The zero-order valence-electron chi connectivity index (χ0n) is 14.8. The van der Waals surface area contributed by atoms with Crippen LogP contribution in [0.15, 0.2) is 42.5 Å². The highest BCUT2D eigenvalue weighted by Gasteiger charge is 2.25. The molecule has 1 N–H and O–H groups in total. The van der Waals surface area contributed by atoms with E-state index in [1.807, 2.05) is 49.4 Å². The number of hydrogen-bond donors (Lipinski definition) is 1. The fourth-order valence-corrected chi connectivity index (χ4v) is 3.18. The van der Waals surface area contributed by atoms with Gasteiger partial charge in [0, 0.05) is 12.7 Å². The molecular formula is C20H21N3O2. The highest BCUT2D eigenvalue weighted by atomic mass is 16.2. The first-order valence-electron chi connectivity index (χ1n) is 8.23. The van der Waals surface area contributed by atoms with Crippen LogP contribution in [0.2, 0.25) is 0 Å². The lowest BCUT2D eigenvalue weighted by Crippen LogP contribution is -2.33. The first kappa shape index (κ1) is 16.9. The largest absolute Gasteiger partial charge is 0.343 e. The van der Waals surface area contributed by atoms with Gasteiger partial charge in [-0.15, -0.1) is 0 Å². The van der Waals surface area contributed by atoms with Crippen molar-refractivity contribution in [3.05, 3.63) is 65.0 Å². The molecule has 5 nitrogen and oxygen atoms in total. The Kier molecular flexibility index (Phi) is 4.40. The van der Waals surface area contributed by atoms with Crippen molar-refractivity contribution in [3.8, 4) is 0 Å². The molecule has 1 heterocycles. The molecule has 0 aliphatic carbocycles. The number of fused-ring (bicyclic) bond motifs is 1. The van der Waals surface area contributed by atoms with Crippen molar-refractivity contribution in [1.82, 2.24) is 15.1 Å². The SMILES string of the molecule is Cc1nn(C)c(C)c1C(=O)C(=O)NC(C)c1cccc2ccccc12. The number of amides is 1. The minimum absolute atomic E-state index is 0.278. The predicted molar refractivity (Wildman–Crippen MR) is 97.5 cm³/mol. The standard InChI is InChI=1S/C20H21N3O2/c1-12(16-11-7-9-15-8-5-6-10-17(15)16)21-20(25)19(24)18-13(2)22-23(4)14(18)3/h5-12H,1-4H3,(H,21,25). The molecule has 3 aromatic rings. The Morgan fingerprint density at radius 1 is 1.08 bits per heavy atom. The lowest BCUT2D eigenvalue weighted by atomic mass is 9.99. The van der Waals surface area contributed by atoms with Gasteiger partial charge in [-0.1, -0.05) is 42.5 Å². The average molecular weight is 335 g/mol. The predicted octanol–water partition coefficient (Wildman–Crippen LogP) is 3.25. The number of nitrogens with zero attached hydrogens (tertiary/aromatic N) is 2. The summed E-state index contributed by atoms with van der Waals surface area (Å²) in [7, 11) is 1.76. The van der Waals surface area contributed by atoms with Crippen molar-refractivity contribution in [3.63, 3.8) is 0 Å². The zero-order chi connectivity index (χ0) is 18.1. The smallest absolute Gasteiger partial charge is 0.293 e. The second-order valence-corrected chi connectivity index (χ2v) is 6.26. The summed E-state index contributed by atoms with van der Waals surface area (Å²) in [5.74, 6) is -1.16. The number of nitrogens with one attached hydrogen (secondary N) is 1. The number of aryl methyl sites for hydroxylation is 2. The third-order valence-electron chi connectivity index (χ3n) is 4.58. The maximum absolute atomic E-state index is 12.6. The summed E-state index contributed by atoms with van der Waals surface area (Å²) in [5, 5.41) is 9.20. The highest BCUT2D eigenvalue weighted by Crippen LogP contribution is 2.24. The number of hydrogen-bond acceptors (Lipinski definition) is 3. The second-order valence-electron chi connectivity index (χ2n) is 6.26. The summed E-state index contributed by atoms with van der Waals surface area (Å²) in [6.45, 7) is 5.41. The van der Waals surface area contributed by atoms with E-state index in [1.54, 1.807) is 25.6 Å². The summed E-state index contributed by atoms with van der Waals surface area (Å²) in [5.41, 5.74) is 2.62. The van der Waals surface area contributed by atoms with Crippen LogP contribution in [0.5, 0.6) is 0 Å². The normalized spacial score (nSPS) is 12.2. The van der Waals surface area contributed by atoms with Crippen LogP contribution in [0, 0.1) is 13.8 Å². The van der Waals surface area contributed by atoms with Crippen molar-refractivity contribution in [1.29, 1.82) is 0 Å². The van der Waals surface area contributed by atoms with Crippen molar-refractivity contribution < 1.29 is 9.59 Å². The zero-order valence-corrected chi connectivity index (χ0v) is 14.8. The molecule has 1 aromatic heterocycles. The lowest BCUT2D eigenvalue weighted by Gasteiger charge is -2.16. The number of carbonyl (C=O) groups is 2. The Balaban J connectivity index is 1.86. The third-order valence-corrected chi connectivity index (χ3v) is 4.58. The lowest BCUT2D eigenvalue weighted by molar-refractivity contribution is -0.117. The number of ketones is 1. The van der Waals surface area contributed by atoms with Crippen LogP contribution in [0.1, 0.15) is 40.3 Å². The molecule has 2 aromatic carbocycles. The number of rotatable bonds is 4. The van der Waals surface area contributed by atoms with E-state index in [4.69, 9.17) is 0 Å². The third kappa shape index (κ3) is 3.05. The summed E-state index contributed by atoms with van der Waals surface area (Å²) in [6, 6.07) is 13.7. The summed E-state index contributed by atoms with van der Waals surface area (Å²) < 4.78 is 1.62. The number of Topliss-reactive ketones (excluding diaryl/α,β-unsaturated/α-hetero) is 1. The fourth-order valence-electron chi connectivity index (χ4n) is 3.18. The summed E-state index contributed by atoms with van der Waals surface area (Å²) >= 11 is 0. The molecule has 0 spiro atoms. The molecule has 5 heteroatoms. The molecule has 25 heavy (non-hydrogen) atoms. The Bertz CT molecular complexity index is 967. The molecule has 0 saturated carbocycles. The van der Waals surface area contributed by atoms with E-state index < -0.39 is 11.7 Å². The minimum Gasteiger partial charge on any atom is -0.343 e. The van der Waals surface area contributed by atoms with Crippen molar-refractivity contribution in [2.75, 3.05) is 0 Å². The monoisotopic (exact) mass is 335 g/mol. The van der Waals surface area contributed by atoms with Crippen molar-refractivity contribution in [2.45, 2.75) is 26.8 Å². The van der Waals surface area contributed by atoms with Gasteiger partial charge in [-0.3, -0.25) is 14.3 Å². The average Bonchev–Trinajstić information content (AvgIpc) is 2.85. The minimum atomic E-state index is -0.611. The van der Waals surface area contributed by atoms with E-state index in [0.717, 1.165) is 16.3 Å². The molecule has 1 amide bonds. The van der Waals surface area contributed by atoms with Gasteiger partial charge >= 0.3 is 0 Å². The number of benzene rings is 2. The Morgan fingerprint density at radius 2 is 1.76 bits per heavy atom. The van der Waals surface area contributed by atoms with E-state index in [1.165, 1.54) is 0 Å². The Labute approximate surface area is 146 Å². The van der Waals surface area contributed by atoms with Gasteiger partial charge in [0.15, 0.2) is 0 Å². The quantitative estimate of drug-likeness (QED) is 0.588. The molecule has 0 aliphatic heterocycles. The van der Waals surface area contributed by atoms with Gasteiger partial charge in [0.2, 0.25) is 0 Å². The van der Waals surface area contributed by atoms with Gasteiger partial charge in [0.25, 0.3) is 11.7 Å². The number of aromatic nitrogens is 2. The molecular weight excluding hydrogens is 314 g/mol. The van der Waals surface area contributed by atoms with E-state index >= 15 is 0 Å². The summed E-state index contributed by atoms with van der Waals surface area (Å²) in [6.07, 6.45) is 0. The number of carbonyl (C=O) groups excluding carboxylic acids is 2. The van der Waals surface area contributed by atoms with Gasteiger partial charge in [0.1, 0.15) is 0 Å². The summed E-state index contributed by atoms with van der Waals surface area (Å²) in [4.78, 5) is 25.0. The molecule has 0 aliphatic rings.